The molecule has 0 N–H and O–H groups in total. The van der Waals surface area contributed by atoms with Gasteiger partial charge in [0, 0.05) is 43.9 Å². The zero-order chi connectivity index (χ0) is 41.0. The molecule has 0 saturated carbocycles. The van der Waals surface area contributed by atoms with Crippen molar-refractivity contribution in [2.24, 2.45) is 0 Å². The molecule has 0 atom stereocenters. The summed E-state index contributed by atoms with van der Waals surface area (Å²) >= 11 is 0. The molecule has 5 nitrogen and oxygen atoms in total. The van der Waals surface area contributed by atoms with E-state index >= 15 is 0 Å². The third-order valence-electron chi connectivity index (χ3n) is 12.0. The van der Waals surface area contributed by atoms with E-state index in [1.54, 1.807) is 0 Å². The van der Waals surface area contributed by atoms with Gasteiger partial charge in [-0.1, -0.05) is 176 Å². The third-order valence-corrected chi connectivity index (χ3v) is 12.0. The molecule has 0 fully saturated rings. The first-order chi connectivity index (χ1) is 30.7. The number of aromatic nitrogens is 5. The van der Waals surface area contributed by atoms with Crippen LogP contribution >= 0.6 is 0 Å². The molecule has 9 aromatic carbocycles. The first-order valence-corrected chi connectivity index (χ1v) is 20.9. The summed E-state index contributed by atoms with van der Waals surface area (Å²) in [6, 6.07) is 79.4. The minimum Gasteiger partial charge on any atom is -0.309 e. The van der Waals surface area contributed by atoms with Gasteiger partial charge in [0.1, 0.15) is 0 Å². The van der Waals surface area contributed by atoms with Crippen molar-refractivity contribution in [1.82, 2.24) is 24.1 Å². The topological polar surface area (TPSA) is 48.5 Å². The van der Waals surface area contributed by atoms with Crippen molar-refractivity contribution in [1.29, 1.82) is 0 Å². The standard InChI is InChI=1S/C57H37N5/c1-5-17-38(18-6-1)42-30-34-52-49(35-42)47-33-31-44(61-50-27-15-13-25-45(50)46-26-14-16-28-51(46)61)37-54(47)62(52)53-36-43(39-19-7-2-8-20-39)29-32-48(53)57-59-55(40-21-9-3-10-22-40)58-56(60-57)41-23-11-4-12-24-41/h1-37H. The van der Waals surface area contributed by atoms with Gasteiger partial charge in [0.25, 0.3) is 0 Å². The second-order valence-corrected chi connectivity index (χ2v) is 15.6. The first-order valence-electron chi connectivity index (χ1n) is 20.9. The van der Waals surface area contributed by atoms with Crippen LogP contribution in [0.25, 0.3) is 111 Å². The number of hydrogen-bond acceptors (Lipinski definition) is 3. The minimum absolute atomic E-state index is 0.599. The van der Waals surface area contributed by atoms with E-state index in [1.165, 1.54) is 32.9 Å². The van der Waals surface area contributed by atoms with Gasteiger partial charge in [-0.2, -0.15) is 0 Å². The summed E-state index contributed by atoms with van der Waals surface area (Å²) in [5.74, 6) is 1.84. The highest BCUT2D eigenvalue weighted by Gasteiger charge is 2.22. The summed E-state index contributed by atoms with van der Waals surface area (Å²) in [6.07, 6.45) is 0. The fourth-order valence-electron chi connectivity index (χ4n) is 9.06. The second-order valence-electron chi connectivity index (χ2n) is 15.6. The van der Waals surface area contributed by atoms with Crippen LogP contribution in [0.15, 0.2) is 224 Å². The average molecular weight is 792 g/mol. The normalized spacial score (nSPS) is 11.5. The lowest BCUT2D eigenvalue weighted by Gasteiger charge is -2.17. The van der Waals surface area contributed by atoms with Crippen LogP contribution in [-0.4, -0.2) is 24.1 Å². The molecule has 0 aliphatic heterocycles. The number of fused-ring (bicyclic) bond motifs is 6. The Hall–Kier alpha value is -8.41. The Bertz CT molecular complexity index is 3500. The molecule has 0 amide bonds. The number of para-hydroxylation sites is 2. The van der Waals surface area contributed by atoms with E-state index in [4.69, 9.17) is 15.0 Å². The third kappa shape index (κ3) is 5.98. The highest BCUT2D eigenvalue weighted by molar-refractivity contribution is 6.13. The lowest BCUT2D eigenvalue weighted by molar-refractivity contribution is 1.06. The summed E-state index contributed by atoms with van der Waals surface area (Å²) in [7, 11) is 0. The zero-order valence-electron chi connectivity index (χ0n) is 33.6. The van der Waals surface area contributed by atoms with E-state index in [1.807, 2.05) is 36.4 Å². The van der Waals surface area contributed by atoms with Crippen LogP contribution in [-0.2, 0) is 0 Å². The monoisotopic (exact) mass is 791 g/mol. The fourth-order valence-corrected chi connectivity index (χ4v) is 9.06. The van der Waals surface area contributed by atoms with Gasteiger partial charge >= 0.3 is 0 Å². The van der Waals surface area contributed by atoms with Gasteiger partial charge < -0.3 is 9.13 Å². The van der Waals surface area contributed by atoms with E-state index in [2.05, 4.69) is 197 Å². The maximum atomic E-state index is 5.27. The predicted octanol–water partition coefficient (Wildman–Crippen LogP) is 14.4. The van der Waals surface area contributed by atoms with Gasteiger partial charge in [-0.05, 0) is 70.8 Å². The van der Waals surface area contributed by atoms with E-state index < -0.39 is 0 Å². The Morgan fingerprint density at radius 3 is 1.29 bits per heavy atom. The number of nitrogens with zero attached hydrogens (tertiary/aromatic N) is 5. The first kappa shape index (κ1) is 35.5. The molecule has 3 aromatic heterocycles. The predicted molar refractivity (Wildman–Crippen MR) is 256 cm³/mol. The molecule has 290 valence electrons. The van der Waals surface area contributed by atoms with Gasteiger partial charge in [0.2, 0.25) is 0 Å². The van der Waals surface area contributed by atoms with Crippen molar-refractivity contribution in [2.45, 2.75) is 0 Å². The van der Waals surface area contributed by atoms with E-state index in [0.717, 1.165) is 61.0 Å². The number of hydrogen-bond donors (Lipinski definition) is 0. The molecule has 3 heterocycles. The van der Waals surface area contributed by atoms with Crippen LogP contribution < -0.4 is 0 Å². The number of benzene rings is 9. The molecule has 0 unspecified atom stereocenters. The molecule has 0 aliphatic carbocycles. The molecule has 5 heteroatoms. The van der Waals surface area contributed by atoms with Gasteiger partial charge in [-0.3, -0.25) is 0 Å². The molecule has 62 heavy (non-hydrogen) atoms. The van der Waals surface area contributed by atoms with Crippen LogP contribution in [0.4, 0.5) is 0 Å². The van der Waals surface area contributed by atoms with Crippen LogP contribution in [0.3, 0.4) is 0 Å². The van der Waals surface area contributed by atoms with Crippen molar-refractivity contribution in [3.63, 3.8) is 0 Å². The molecule has 12 rings (SSSR count). The van der Waals surface area contributed by atoms with Crippen molar-refractivity contribution >= 4 is 43.6 Å². The summed E-state index contributed by atoms with van der Waals surface area (Å²) in [6.45, 7) is 0. The lowest BCUT2D eigenvalue weighted by atomic mass is 10.0. The van der Waals surface area contributed by atoms with Gasteiger partial charge in [0.15, 0.2) is 17.5 Å². The molecule has 12 aromatic rings. The van der Waals surface area contributed by atoms with Gasteiger partial charge in [-0.15, -0.1) is 0 Å². The maximum absolute atomic E-state index is 5.27. The van der Waals surface area contributed by atoms with Crippen LogP contribution in [0.2, 0.25) is 0 Å². The lowest BCUT2D eigenvalue weighted by Crippen LogP contribution is -2.04. The Morgan fingerprint density at radius 1 is 0.258 bits per heavy atom. The van der Waals surface area contributed by atoms with E-state index in [0.29, 0.717) is 17.5 Å². The highest BCUT2D eigenvalue weighted by atomic mass is 15.1. The fraction of sp³-hybridized carbons (Fsp3) is 0. The van der Waals surface area contributed by atoms with Crippen molar-refractivity contribution in [3.8, 4) is 67.8 Å². The summed E-state index contributed by atoms with van der Waals surface area (Å²) in [5, 5.41) is 4.78. The molecule has 0 radical (unpaired) electrons. The average Bonchev–Trinajstić information content (AvgIpc) is 3.87. The van der Waals surface area contributed by atoms with Crippen LogP contribution in [0.5, 0.6) is 0 Å². The molecular weight excluding hydrogens is 755 g/mol. The highest BCUT2D eigenvalue weighted by Crippen LogP contribution is 2.41. The van der Waals surface area contributed by atoms with Crippen LogP contribution in [0, 0.1) is 0 Å². The molecule has 0 saturated heterocycles. The van der Waals surface area contributed by atoms with Crippen molar-refractivity contribution in [2.75, 3.05) is 0 Å². The summed E-state index contributed by atoms with van der Waals surface area (Å²) in [5.41, 5.74) is 13.9. The Morgan fingerprint density at radius 2 is 0.710 bits per heavy atom. The Balaban J connectivity index is 1.18. The van der Waals surface area contributed by atoms with Crippen LogP contribution in [0.1, 0.15) is 0 Å². The maximum Gasteiger partial charge on any atom is 0.166 e. The van der Waals surface area contributed by atoms with E-state index in [9.17, 15) is 0 Å². The van der Waals surface area contributed by atoms with Crippen molar-refractivity contribution < 1.29 is 0 Å². The number of rotatable bonds is 7. The quantitative estimate of drug-likeness (QED) is 0.162. The SMILES string of the molecule is c1ccc(-c2ccc(-c3nc(-c4ccccc4)nc(-c4ccccc4)n3)c(-n3c4ccc(-c5ccccc5)cc4c4ccc(-n5c6ccccc6c6ccccc65)cc43)c2)cc1. The van der Waals surface area contributed by atoms with E-state index in [-0.39, 0.29) is 0 Å². The summed E-state index contributed by atoms with van der Waals surface area (Å²) < 4.78 is 4.82. The summed E-state index contributed by atoms with van der Waals surface area (Å²) in [4.78, 5) is 15.6. The molecule has 0 bridgehead atoms. The smallest absolute Gasteiger partial charge is 0.166 e. The largest absolute Gasteiger partial charge is 0.309 e. The molecule has 0 spiro atoms. The van der Waals surface area contributed by atoms with Crippen molar-refractivity contribution in [3.05, 3.63) is 224 Å². The Kier molecular flexibility index (Phi) is 8.42. The molecule has 0 aliphatic rings. The molecular formula is C57H37N5. The van der Waals surface area contributed by atoms with Gasteiger partial charge in [0.05, 0.1) is 27.8 Å². The zero-order valence-corrected chi connectivity index (χ0v) is 33.6. The Labute approximate surface area is 358 Å². The second kappa shape index (κ2) is 14.7. The minimum atomic E-state index is 0.599. The van der Waals surface area contributed by atoms with Gasteiger partial charge in [-0.25, -0.2) is 15.0 Å².